The average molecular weight is 195 g/mol. The van der Waals surface area contributed by atoms with Gasteiger partial charge >= 0.3 is 5.69 Å². The summed E-state index contributed by atoms with van der Waals surface area (Å²) >= 11 is 0. The Labute approximate surface area is 81.3 Å². The Balaban J connectivity index is 3.24. The maximum atomic E-state index is 11.4. The molecule has 1 atom stereocenters. The van der Waals surface area contributed by atoms with Crippen molar-refractivity contribution in [2.45, 2.75) is 6.17 Å². The second-order valence-electron chi connectivity index (χ2n) is 3.13. The van der Waals surface area contributed by atoms with E-state index in [4.69, 9.17) is 0 Å². The quantitative estimate of drug-likeness (QED) is 0.678. The summed E-state index contributed by atoms with van der Waals surface area (Å²) in [6, 6.07) is 1.31. The van der Waals surface area contributed by atoms with Crippen molar-refractivity contribution in [2.24, 2.45) is 0 Å². The van der Waals surface area contributed by atoms with Crippen molar-refractivity contribution in [3.63, 3.8) is 0 Å². The largest absolute Gasteiger partial charge is 0.329 e. The van der Waals surface area contributed by atoms with Crippen molar-refractivity contribution in [3.8, 4) is 0 Å². The van der Waals surface area contributed by atoms with Crippen LogP contribution in [-0.4, -0.2) is 28.5 Å². The predicted molar refractivity (Wildman–Crippen MR) is 54.2 cm³/mol. The Kier molecular flexibility index (Phi) is 3.03. The van der Waals surface area contributed by atoms with Crippen molar-refractivity contribution in [3.05, 3.63) is 45.8 Å². The molecule has 0 aliphatic carbocycles. The second-order valence-corrected chi connectivity index (χ2v) is 3.13. The molecule has 0 saturated heterocycles. The van der Waals surface area contributed by atoms with E-state index in [0.29, 0.717) is 0 Å². The number of hydrogen-bond acceptors (Lipinski definition) is 3. The molecule has 0 amide bonds. The van der Waals surface area contributed by atoms with E-state index in [1.807, 2.05) is 19.0 Å². The van der Waals surface area contributed by atoms with Gasteiger partial charge in [-0.2, -0.15) is 0 Å². The van der Waals surface area contributed by atoms with E-state index in [9.17, 15) is 9.59 Å². The fourth-order valence-electron chi connectivity index (χ4n) is 1.21. The maximum Gasteiger partial charge on any atom is 0.329 e. The number of nitrogens with zero attached hydrogens (tertiary/aromatic N) is 2. The van der Waals surface area contributed by atoms with Gasteiger partial charge in [-0.15, -0.1) is 0 Å². The molecule has 0 radical (unpaired) electrons. The van der Waals surface area contributed by atoms with E-state index in [2.05, 4.69) is 11.6 Å². The number of nitrogens with one attached hydrogen (secondary N) is 1. The van der Waals surface area contributed by atoms with Gasteiger partial charge in [0.05, 0.1) is 0 Å². The number of rotatable bonds is 3. The summed E-state index contributed by atoms with van der Waals surface area (Å²) in [4.78, 5) is 26.2. The molecule has 0 bridgehead atoms. The Hall–Kier alpha value is -1.62. The van der Waals surface area contributed by atoms with Gasteiger partial charge in [0.1, 0.15) is 6.17 Å². The molecule has 1 N–H and O–H groups in total. The van der Waals surface area contributed by atoms with Gasteiger partial charge in [0, 0.05) is 12.3 Å². The Morgan fingerprint density at radius 2 is 2.21 bits per heavy atom. The first-order valence-electron chi connectivity index (χ1n) is 4.16. The van der Waals surface area contributed by atoms with Crippen molar-refractivity contribution in [1.29, 1.82) is 0 Å². The van der Waals surface area contributed by atoms with Crippen LogP contribution >= 0.6 is 0 Å². The smallest absolute Gasteiger partial charge is 0.286 e. The summed E-state index contributed by atoms with van der Waals surface area (Å²) < 4.78 is 1.40. The minimum atomic E-state index is -0.434. The van der Waals surface area contributed by atoms with E-state index < -0.39 is 11.2 Å². The average Bonchev–Trinajstić information content (AvgIpc) is 2.09. The van der Waals surface area contributed by atoms with Crippen LogP contribution in [0.3, 0.4) is 0 Å². The first-order valence-corrected chi connectivity index (χ1v) is 4.16. The summed E-state index contributed by atoms with van der Waals surface area (Å²) in [6.07, 6.45) is 2.83. The third kappa shape index (κ3) is 2.00. The highest BCUT2D eigenvalue weighted by Crippen LogP contribution is 2.05. The predicted octanol–water partition coefficient (Wildman–Crippen LogP) is -0.217. The van der Waals surface area contributed by atoms with Crippen LogP contribution in [0.25, 0.3) is 0 Å². The molecule has 1 unspecified atom stereocenters. The summed E-state index contributed by atoms with van der Waals surface area (Å²) in [5.41, 5.74) is -0.830. The van der Waals surface area contributed by atoms with Crippen molar-refractivity contribution in [1.82, 2.24) is 14.5 Å². The molecule has 0 saturated carbocycles. The first kappa shape index (κ1) is 10.5. The molecular formula is C9H13N3O2. The molecule has 0 aliphatic rings. The van der Waals surface area contributed by atoms with Crippen LogP contribution in [0, 0.1) is 0 Å². The zero-order chi connectivity index (χ0) is 10.7. The fraction of sp³-hybridized carbons (Fsp3) is 0.333. The van der Waals surface area contributed by atoms with Gasteiger partial charge < -0.3 is 0 Å². The molecule has 1 aromatic heterocycles. The van der Waals surface area contributed by atoms with Gasteiger partial charge in [0.15, 0.2) is 0 Å². The Bertz CT molecular complexity index is 430. The molecule has 14 heavy (non-hydrogen) atoms. The first-order chi connectivity index (χ1) is 6.56. The highest BCUT2D eigenvalue weighted by Gasteiger charge is 2.09. The van der Waals surface area contributed by atoms with Crippen LogP contribution < -0.4 is 11.2 Å². The van der Waals surface area contributed by atoms with E-state index in [-0.39, 0.29) is 6.17 Å². The topological polar surface area (TPSA) is 58.1 Å². The lowest BCUT2D eigenvalue weighted by Crippen LogP contribution is -2.36. The number of likely N-dealkylation sites (N-methyl/N-ethyl adjacent to an activating group) is 1. The third-order valence-corrected chi connectivity index (χ3v) is 1.88. The number of H-pyrrole nitrogens is 1. The third-order valence-electron chi connectivity index (χ3n) is 1.88. The lowest BCUT2D eigenvalue weighted by atomic mass is 10.4. The summed E-state index contributed by atoms with van der Waals surface area (Å²) in [5.74, 6) is 0. The van der Waals surface area contributed by atoms with Gasteiger partial charge in [-0.1, -0.05) is 12.7 Å². The molecule has 0 aliphatic heterocycles. The van der Waals surface area contributed by atoms with E-state index in [0.717, 1.165) is 0 Å². The zero-order valence-electron chi connectivity index (χ0n) is 8.23. The van der Waals surface area contributed by atoms with Gasteiger partial charge in [-0.3, -0.25) is 19.2 Å². The van der Waals surface area contributed by atoms with Crippen molar-refractivity contribution < 1.29 is 0 Å². The van der Waals surface area contributed by atoms with Gasteiger partial charge in [-0.05, 0) is 14.1 Å². The van der Waals surface area contributed by atoms with Crippen LogP contribution in [0.4, 0.5) is 0 Å². The van der Waals surface area contributed by atoms with E-state index in [1.54, 1.807) is 6.08 Å². The molecule has 76 valence electrons. The SMILES string of the molecule is C=CC(N(C)C)n1ccc(=O)[nH]c1=O. The molecule has 0 spiro atoms. The molecule has 1 heterocycles. The monoisotopic (exact) mass is 195 g/mol. The number of aromatic amines is 1. The molecule has 1 rings (SSSR count). The van der Waals surface area contributed by atoms with Crippen LogP contribution in [0.2, 0.25) is 0 Å². The summed E-state index contributed by atoms with van der Waals surface area (Å²) in [6.45, 7) is 3.63. The van der Waals surface area contributed by atoms with Gasteiger partial charge in [0.2, 0.25) is 0 Å². The molecule has 0 aromatic carbocycles. The van der Waals surface area contributed by atoms with Crippen LogP contribution in [0.15, 0.2) is 34.5 Å². The highest BCUT2D eigenvalue weighted by atomic mass is 16.2. The molecule has 1 aromatic rings. The standard InChI is InChI=1S/C9H13N3O2/c1-4-8(11(2)3)12-6-5-7(13)10-9(12)14/h4-6,8H,1H2,2-3H3,(H,10,13,14). The molecule has 5 nitrogen and oxygen atoms in total. The van der Waals surface area contributed by atoms with E-state index in [1.165, 1.54) is 16.8 Å². The number of aromatic nitrogens is 2. The minimum Gasteiger partial charge on any atom is -0.286 e. The molecular weight excluding hydrogens is 182 g/mol. The van der Waals surface area contributed by atoms with Gasteiger partial charge in [0.25, 0.3) is 5.56 Å². The lowest BCUT2D eigenvalue weighted by Gasteiger charge is -2.22. The van der Waals surface area contributed by atoms with Crippen molar-refractivity contribution in [2.75, 3.05) is 14.1 Å². The fourth-order valence-corrected chi connectivity index (χ4v) is 1.21. The van der Waals surface area contributed by atoms with Crippen LogP contribution in [-0.2, 0) is 0 Å². The second kappa shape index (κ2) is 4.06. The van der Waals surface area contributed by atoms with Crippen molar-refractivity contribution >= 4 is 0 Å². The van der Waals surface area contributed by atoms with E-state index >= 15 is 0 Å². The normalized spacial score (nSPS) is 12.8. The van der Waals surface area contributed by atoms with Crippen LogP contribution in [0.5, 0.6) is 0 Å². The lowest BCUT2D eigenvalue weighted by molar-refractivity contribution is 0.262. The molecule has 0 fully saturated rings. The Morgan fingerprint density at radius 1 is 1.57 bits per heavy atom. The highest BCUT2D eigenvalue weighted by molar-refractivity contribution is 4.90. The van der Waals surface area contributed by atoms with Crippen LogP contribution in [0.1, 0.15) is 6.17 Å². The number of hydrogen-bond donors (Lipinski definition) is 1. The molecule has 5 heteroatoms. The Morgan fingerprint density at radius 3 is 2.64 bits per heavy atom. The summed E-state index contributed by atoms with van der Waals surface area (Å²) in [5, 5.41) is 0. The maximum absolute atomic E-state index is 11.4. The van der Waals surface area contributed by atoms with Gasteiger partial charge in [-0.25, -0.2) is 4.79 Å². The zero-order valence-corrected chi connectivity index (χ0v) is 8.23. The minimum absolute atomic E-state index is 0.251. The summed E-state index contributed by atoms with van der Waals surface area (Å²) in [7, 11) is 3.65.